The van der Waals surface area contributed by atoms with Crippen molar-refractivity contribution in [1.29, 1.82) is 0 Å². The van der Waals surface area contributed by atoms with Gasteiger partial charge in [0.2, 0.25) is 0 Å². The summed E-state index contributed by atoms with van der Waals surface area (Å²) in [6, 6.07) is 2.87. The van der Waals surface area contributed by atoms with Crippen LogP contribution in [0.25, 0.3) is 0 Å². The number of carbonyl (C=O) groups is 1. The second-order valence-corrected chi connectivity index (χ2v) is 5.04. The number of nitrogens with zero attached hydrogens (tertiary/aromatic N) is 1. The Morgan fingerprint density at radius 2 is 2.14 bits per heavy atom. The van der Waals surface area contributed by atoms with E-state index in [1.54, 1.807) is 0 Å². The van der Waals surface area contributed by atoms with Gasteiger partial charge in [0, 0.05) is 16.6 Å². The highest BCUT2D eigenvalue weighted by Crippen LogP contribution is 2.31. The molecule has 0 saturated carbocycles. The second kappa shape index (κ2) is 5.76. The first-order valence-electron chi connectivity index (χ1n) is 5.71. The van der Waals surface area contributed by atoms with Gasteiger partial charge in [-0.05, 0) is 34.1 Å². The average molecular weight is 363 g/mol. The Morgan fingerprint density at radius 1 is 1.43 bits per heavy atom. The van der Waals surface area contributed by atoms with E-state index in [0.717, 1.165) is 12.1 Å². The van der Waals surface area contributed by atoms with Gasteiger partial charge in [-0.2, -0.15) is 18.3 Å². The van der Waals surface area contributed by atoms with Gasteiger partial charge < -0.3 is 11.1 Å². The molecule has 0 saturated heterocycles. The Kier molecular flexibility index (Phi) is 4.21. The Bertz CT molecular complexity index is 669. The number of nitrogen functional groups attached to an aromatic ring is 1. The van der Waals surface area contributed by atoms with Crippen LogP contribution in [0.2, 0.25) is 0 Å². The summed E-state index contributed by atoms with van der Waals surface area (Å²) in [5.41, 5.74) is 5.10. The molecule has 0 bridgehead atoms. The number of hydrogen-bond donors (Lipinski definition) is 3. The van der Waals surface area contributed by atoms with E-state index in [2.05, 4.69) is 31.4 Å². The van der Waals surface area contributed by atoms with Crippen molar-refractivity contribution in [2.24, 2.45) is 0 Å². The first-order chi connectivity index (χ1) is 9.79. The lowest BCUT2D eigenvalue weighted by molar-refractivity contribution is -0.137. The van der Waals surface area contributed by atoms with E-state index in [-0.39, 0.29) is 16.6 Å². The van der Waals surface area contributed by atoms with Crippen LogP contribution in [-0.4, -0.2) is 16.1 Å². The van der Waals surface area contributed by atoms with E-state index in [9.17, 15) is 18.0 Å². The summed E-state index contributed by atoms with van der Waals surface area (Å²) in [5.74, 6) is -0.355. The van der Waals surface area contributed by atoms with Crippen LogP contribution in [0.5, 0.6) is 0 Å². The van der Waals surface area contributed by atoms with E-state index >= 15 is 0 Å². The highest BCUT2D eigenvalue weighted by molar-refractivity contribution is 9.10. The zero-order valence-electron chi connectivity index (χ0n) is 10.5. The molecule has 0 aliphatic heterocycles. The number of benzene rings is 1. The van der Waals surface area contributed by atoms with Crippen molar-refractivity contribution in [3.8, 4) is 0 Å². The molecule has 0 atom stereocenters. The molecule has 0 fully saturated rings. The molecule has 0 unspecified atom stereocenters. The third-order valence-electron chi connectivity index (χ3n) is 2.73. The van der Waals surface area contributed by atoms with Crippen molar-refractivity contribution < 1.29 is 18.0 Å². The molecule has 2 rings (SSSR count). The number of nitrogens with one attached hydrogen (secondary N) is 2. The van der Waals surface area contributed by atoms with Crippen LogP contribution < -0.4 is 11.1 Å². The van der Waals surface area contributed by atoms with Gasteiger partial charge in [-0.15, -0.1) is 0 Å². The number of amides is 1. The van der Waals surface area contributed by atoms with Crippen molar-refractivity contribution in [3.05, 3.63) is 45.6 Å². The van der Waals surface area contributed by atoms with Gasteiger partial charge in [-0.1, -0.05) is 0 Å². The lowest BCUT2D eigenvalue weighted by Gasteiger charge is -2.11. The van der Waals surface area contributed by atoms with Crippen LogP contribution in [-0.2, 0) is 12.7 Å². The smallest absolute Gasteiger partial charge is 0.384 e. The second-order valence-electron chi connectivity index (χ2n) is 4.18. The number of carbonyl (C=O) groups excluding carboxylic acids is 1. The summed E-state index contributed by atoms with van der Waals surface area (Å²) in [7, 11) is 0. The highest BCUT2D eigenvalue weighted by Gasteiger charge is 2.31. The van der Waals surface area contributed by atoms with Crippen LogP contribution in [0.3, 0.4) is 0 Å². The third kappa shape index (κ3) is 3.54. The number of H-pyrrole nitrogens is 1. The van der Waals surface area contributed by atoms with Gasteiger partial charge >= 0.3 is 6.18 Å². The average Bonchev–Trinajstić information content (AvgIpc) is 2.80. The monoisotopic (exact) mass is 362 g/mol. The molecule has 4 N–H and O–H groups in total. The summed E-state index contributed by atoms with van der Waals surface area (Å²) >= 11 is 3.06. The topological polar surface area (TPSA) is 83.8 Å². The minimum Gasteiger partial charge on any atom is -0.384 e. The molecular weight excluding hydrogens is 353 g/mol. The largest absolute Gasteiger partial charge is 0.416 e. The first kappa shape index (κ1) is 15.4. The number of rotatable bonds is 3. The first-order valence-corrected chi connectivity index (χ1v) is 6.51. The van der Waals surface area contributed by atoms with Gasteiger partial charge in [0.1, 0.15) is 5.82 Å². The van der Waals surface area contributed by atoms with E-state index in [1.807, 2.05) is 0 Å². The maximum absolute atomic E-state index is 12.6. The Morgan fingerprint density at radius 3 is 2.71 bits per heavy atom. The van der Waals surface area contributed by atoms with Crippen molar-refractivity contribution in [2.45, 2.75) is 12.7 Å². The van der Waals surface area contributed by atoms with E-state index < -0.39 is 17.6 Å². The SMILES string of the molecule is Nc1[nH]ncc1CNC(=O)c1cc(C(F)(F)F)ccc1Br. The lowest BCUT2D eigenvalue weighted by atomic mass is 10.1. The number of alkyl halides is 3. The van der Waals surface area contributed by atoms with E-state index in [0.29, 0.717) is 11.4 Å². The number of anilines is 1. The summed E-state index contributed by atoms with van der Waals surface area (Å²) < 4.78 is 38.2. The predicted molar refractivity (Wildman–Crippen MR) is 73.3 cm³/mol. The standard InChI is InChI=1S/C12H10BrF3N4O/c13-9-2-1-7(12(14,15)16)3-8(9)11(21)18-4-6-5-19-20-10(6)17/h1-3,5H,4H2,(H,18,21)(H3,17,19,20). The number of aromatic nitrogens is 2. The Balaban J connectivity index is 2.17. The van der Waals surface area contributed by atoms with Crippen LogP contribution in [0.15, 0.2) is 28.9 Å². The van der Waals surface area contributed by atoms with Crippen LogP contribution in [0.4, 0.5) is 19.0 Å². The summed E-state index contributed by atoms with van der Waals surface area (Å²) in [4.78, 5) is 12.0. The lowest BCUT2D eigenvalue weighted by Crippen LogP contribution is -2.24. The molecule has 0 spiro atoms. The maximum Gasteiger partial charge on any atom is 0.416 e. The molecular formula is C12H10BrF3N4O. The van der Waals surface area contributed by atoms with Gasteiger partial charge in [0.15, 0.2) is 0 Å². The fraction of sp³-hybridized carbons (Fsp3) is 0.167. The quantitative estimate of drug-likeness (QED) is 0.784. The van der Waals surface area contributed by atoms with Crippen molar-refractivity contribution in [1.82, 2.24) is 15.5 Å². The molecule has 1 aromatic heterocycles. The maximum atomic E-state index is 12.6. The van der Waals surface area contributed by atoms with Crippen LogP contribution in [0.1, 0.15) is 21.5 Å². The molecule has 1 amide bonds. The fourth-order valence-electron chi connectivity index (χ4n) is 1.61. The Hall–Kier alpha value is -2.03. The molecule has 21 heavy (non-hydrogen) atoms. The highest BCUT2D eigenvalue weighted by atomic mass is 79.9. The van der Waals surface area contributed by atoms with Crippen LogP contribution in [0, 0.1) is 0 Å². The van der Waals surface area contributed by atoms with Gasteiger partial charge in [0.05, 0.1) is 17.3 Å². The zero-order chi connectivity index (χ0) is 15.6. The van der Waals surface area contributed by atoms with Crippen LogP contribution >= 0.6 is 15.9 Å². The van der Waals surface area contributed by atoms with Gasteiger partial charge in [-0.25, -0.2) is 0 Å². The number of nitrogens with two attached hydrogens (primary N) is 1. The fourth-order valence-corrected chi connectivity index (χ4v) is 2.03. The third-order valence-corrected chi connectivity index (χ3v) is 3.42. The molecule has 1 aromatic carbocycles. The van der Waals surface area contributed by atoms with Crippen molar-refractivity contribution in [3.63, 3.8) is 0 Å². The van der Waals surface area contributed by atoms with E-state index in [4.69, 9.17) is 5.73 Å². The zero-order valence-corrected chi connectivity index (χ0v) is 12.0. The molecule has 112 valence electrons. The molecule has 9 heteroatoms. The van der Waals surface area contributed by atoms with Crippen molar-refractivity contribution >= 4 is 27.7 Å². The van der Waals surface area contributed by atoms with Crippen molar-refractivity contribution in [2.75, 3.05) is 5.73 Å². The summed E-state index contributed by atoms with van der Waals surface area (Å²) in [6.07, 6.45) is -3.08. The minimum atomic E-state index is -4.51. The number of halogens is 4. The molecule has 5 nitrogen and oxygen atoms in total. The number of hydrogen-bond acceptors (Lipinski definition) is 3. The summed E-state index contributed by atoms with van der Waals surface area (Å²) in [5, 5.41) is 8.65. The molecule has 1 heterocycles. The molecule has 2 aromatic rings. The minimum absolute atomic E-state index is 0.0594. The molecule has 0 aliphatic carbocycles. The predicted octanol–water partition coefficient (Wildman–Crippen LogP) is 2.70. The van der Waals surface area contributed by atoms with Gasteiger partial charge in [-0.3, -0.25) is 9.89 Å². The molecule has 0 radical (unpaired) electrons. The number of aromatic amines is 1. The normalized spacial score (nSPS) is 11.4. The Labute approximate surface area is 125 Å². The van der Waals surface area contributed by atoms with Gasteiger partial charge in [0.25, 0.3) is 5.91 Å². The molecule has 0 aliphatic rings. The summed E-state index contributed by atoms with van der Waals surface area (Å²) in [6.45, 7) is 0.0594. The van der Waals surface area contributed by atoms with E-state index in [1.165, 1.54) is 12.3 Å².